The van der Waals surface area contributed by atoms with Crippen LogP contribution in [0.1, 0.15) is 38.6 Å². The molecule has 1 aromatic heterocycles. The van der Waals surface area contributed by atoms with E-state index >= 15 is 0 Å². The molecule has 0 saturated heterocycles. The standard InChI is InChI=1S/C15H26N2O/c1-5-14-15(7-6-13(4)17-14)18-11-10-16-9-8-12(2)3/h6-7,12,16H,5,8-11H2,1-4H3. The van der Waals surface area contributed by atoms with E-state index in [-0.39, 0.29) is 0 Å². The van der Waals surface area contributed by atoms with Gasteiger partial charge in [0.2, 0.25) is 0 Å². The predicted molar refractivity (Wildman–Crippen MR) is 76.2 cm³/mol. The van der Waals surface area contributed by atoms with E-state index in [0.717, 1.165) is 42.6 Å². The molecule has 0 spiro atoms. The number of nitrogens with zero attached hydrogens (tertiary/aromatic N) is 1. The maximum atomic E-state index is 5.77. The van der Waals surface area contributed by atoms with Gasteiger partial charge in [0.1, 0.15) is 12.4 Å². The number of aromatic nitrogens is 1. The first kappa shape index (κ1) is 15.0. The third kappa shape index (κ3) is 5.50. The molecule has 0 aliphatic rings. The molecule has 1 N–H and O–H groups in total. The molecule has 0 radical (unpaired) electrons. The summed E-state index contributed by atoms with van der Waals surface area (Å²) in [4.78, 5) is 4.48. The quantitative estimate of drug-likeness (QED) is 0.720. The Morgan fingerprint density at radius 2 is 2.06 bits per heavy atom. The van der Waals surface area contributed by atoms with Crippen LogP contribution in [-0.2, 0) is 6.42 Å². The molecule has 0 aromatic carbocycles. The van der Waals surface area contributed by atoms with Crippen LogP contribution in [0.2, 0.25) is 0 Å². The van der Waals surface area contributed by atoms with Crippen LogP contribution in [0.15, 0.2) is 12.1 Å². The Hall–Kier alpha value is -1.09. The van der Waals surface area contributed by atoms with E-state index in [1.807, 2.05) is 19.1 Å². The van der Waals surface area contributed by atoms with Gasteiger partial charge in [0.15, 0.2) is 0 Å². The number of nitrogens with one attached hydrogen (secondary N) is 1. The first-order valence-electron chi connectivity index (χ1n) is 6.93. The molecule has 0 saturated carbocycles. The van der Waals surface area contributed by atoms with Gasteiger partial charge in [-0.15, -0.1) is 0 Å². The van der Waals surface area contributed by atoms with Crippen molar-refractivity contribution in [3.05, 3.63) is 23.5 Å². The number of rotatable bonds is 8. The highest BCUT2D eigenvalue weighted by atomic mass is 16.5. The van der Waals surface area contributed by atoms with Crippen molar-refractivity contribution in [1.82, 2.24) is 10.3 Å². The molecule has 3 heteroatoms. The lowest BCUT2D eigenvalue weighted by molar-refractivity contribution is 0.308. The fourth-order valence-corrected chi connectivity index (χ4v) is 1.73. The van der Waals surface area contributed by atoms with Crippen molar-refractivity contribution in [1.29, 1.82) is 0 Å². The number of ether oxygens (including phenoxy) is 1. The molecule has 0 unspecified atom stereocenters. The van der Waals surface area contributed by atoms with Crippen LogP contribution in [0.3, 0.4) is 0 Å². The van der Waals surface area contributed by atoms with Crippen molar-refractivity contribution in [3.63, 3.8) is 0 Å². The smallest absolute Gasteiger partial charge is 0.140 e. The number of hydrogen-bond donors (Lipinski definition) is 1. The van der Waals surface area contributed by atoms with E-state index in [9.17, 15) is 0 Å². The monoisotopic (exact) mass is 250 g/mol. The minimum absolute atomic E-state index is 0.704. The van der Waals surface area contributed by atoms with Gasteiger partial charge >= 0.3 is 0 Å². The minimum Gasteiger partial charge on any atom is -0.490 e. The van der Waals surface area contributed by atoms with Crippen molar-refractivity contribution in [2.45, 2.75) is 40.5 Å². The average Bonchev–Trinajstić information content (AvgIpc) is 2.34. The Kier molecular flexibility index (Phi) is 6.73. The second-order valence-electron chi connectivity index (χ2n) is 5.03. The normalized spacial score (nSPS) is 10.9. The minimum atomic E-state index is 0.704. The van der Waals surface area contributed by atoms with Crippen LogP contribution < -0.4 is 10.1 Å². The zero-order valence-electron chi connectivity index (χ0n) is 12.1. The summed E-state index contributed by atoms with van der Waals surface area (Å²) in [6.07, 6.45) is 2.13. The zero-order chi connectivity index (χ0) is 13.4. The van der Waals surface area contributed by atoms with Gasteiger partial charge in [0, 0.05) is 12.2 Å². The van der Waals surface area contributed by atoms with Crippen LogP contribution in [0.25, 0.3) is 0 Å². The second-order valence-corrected chi connectivity index (χ2v) is 5.03. The summed E-state index contributed by atoms with van der Waals surface area (Å²) in [5.41, 5.74) is 2.10. The topological polar surface area (TPSA) is 34.1 Å². The molecule has 0 bridgehead atoms. The Balaban J connectivity index is 2.27. The summed E-state index contributed by atoms with van der Waals surface area (Å²) in [6, 6.07) is 4.02. The molecule has 102 valence electrons. The van der Waals surface area contributed by atoms with E-state index in [4.69, 9.17) is 4.74 Å². The van der Waals surface area contributed by atoms with Crippen LogP contribution in [-0.4, -0.2) is 24.7 Å². The Morgan fingerprint density at radius 3 is 2.72 bits per heavy atom. The Bertz CT molecular complexity index is 350. The van der Waals surface area contributed by atoms with E-state index in [0.29, 0.717) is 6.61 Å². The van der Waals surface area contributed by atoms with E-state index in [1.165, 1.54) is 6.42 Å². The van der Waals surface area contributed by atoms with Crippen molar-refractivity contribution < 1.29 is 4.74 Å². The summed E-state index contributed by atoms with van der Waals surface area (Å²) < 4.78 is 5.77. The second kappa shape index (κ2) is 8.09. The molecular weight excluding hydrogens is 224 g/mol. The van der Waals surface area contributed by atoms with Crippen molar-refractivity contribution in [2.24, 2.45) is 5.92 Å². The van der Waals surface area contributed by atoms with Crippen molar-refractivity contribution >= 4 is 0 Å². The van der Waals surface area contributed by atoms with Gasteiger partial charge in [-0.25, -0.2) is 0 Å². The maximum absolute atomic E-state index is 5.77. The van der Waals surface area contributed by atoms with E-state index < -0.39 is 0 Å². The van der Waals surface area contributed by atoms with Gasteiger partial charge < -0.3 is 10.1 Å². The van der Waals surface area contributed by atoms with Gasteiger partial charge in [-0.1, -0.05) is 20.8 Å². The third-order valence-corrected chi connectivity index (χ3v) is 2.84. The first-order valence-corrected chi connectivity index (χ1v) is 6.93. The molecule has 1 aromatic rings. The molecule has 3 nitrogen and oxygen atoms in total. The van der Waals surface area contributed by atoms with Crippen LogP contribution in [0.4, 0.5) is 0 Å². The highest BCUT2D eigenvalue weighted by Crippen LogP contribution is 2.16. The predicted octanol–water partition coefficient (Wildman–Crippen LogP) is 2.97. The Morgan fingerprint density at radius 1 is 1.28 bits per heavy atom. The summed E-state index contributed by atoms with van der Waals surface area (Å²) in [7, 11) is 0. The largest absolute Gasteiger partial charge is 0.490 e. The van der Waals surface area contributed by atoms with Gasteiger partial charge in [-0.2, -0.15) is 0 Å². The lowest BCUT2D eigenvalue weighted by Crippen LogP contribution is -2.23. The fourth-order valence-electron chi connectivity index (χ4n) is 1.73. The summed E-state index contributed by atoms with van der Waals surface area (Å²) in [5.74, 6) is 1.68. The zero-order valence-corrected chi connectivity index (χ0v) is 12.1. The highest BCUT2D eigenvalue weighted by Gasteiger charge is 2.03. The molecule has 0 atom stereocenters. The average molecular weight is 250 g/mol. The van der Waals surface area contributed by atoms with Gasteiger partial charge in [-0.05, 0) is 44.4 Å². The van der Waals surface area contributed by atoms with E-state index in [1.54, 1.807) is 0 Å². The van der Waals surface area contributed by atoms with Crippen LogP contribution >= 0.6 is 0 Å². The summed E-state index contributed by atoms with van der Waals surface area (Å²) >= 11 is 0. The SMILES string of the molecule is CCc1nc(C)ccc1OCCNCCC(C)C. The molecule has 18 heavy (non-hydrogen) atoms. The molecule has 0 fully saturated rings. The van der Waals surface area contributed by atoms with Gasteiger partial charge in [0.25, 0.3) is 0 Å². The number of pyridine rings is 1. The van der Waals surface area contributed by atoms with Gasteiger partial charge in [-0.3, -0.25) is 4.98 Å². The third-order valence-electron chi connectivity index (χ3n) is 2.84. The van der Waals surface area contributed by atoms with Crippen LogP contribution in [0, 0.1) is 12.8 Å². The molecule has 0 aliphatic heterocycles. The molecule has 0 aliphatic carbocycles. The lowest BCUT2D eigenvalue weighted by atomic mass is 10.1. The molecular formula is C15H26N2O. The summed E-state index contributed by atoms with van der Waals surface area (Å²) in [5, 5.41) is 3.39. The summed E-state index contributed by atoms with van der Waals surface area (Å²) in [6.45, 7) is 11.3. The molecule has 1 heterocycles. The number of hydrogen-bond acceptors (Lipinski definition) is 3. The number of aryl methyl sites for hydroxylation is 2. The lowest BCUT2D eigenvalue weighted by Gasteiger charge is -2.11. The van der Waals surface area contributed by atoms with Gasteiger partial charge in [0.05, 0.1) is 5.69 Å². The first-order chi connectivity index (χ1) is 8.63. The fraction of sp³-hybridized carbons (Fsp3) is 0.667. The maximum Gasteiger partial charge on any atom is 0.140 e. The van der Waals surface area contributed by atoms with Crippen molar-refractivity contribution in [3.8, 4) is 5.75 Å². The van der Waals surface area contributed by atoms with Crippen LogP contribution in [0.5, 0.6) is 5.75 Å². The Labute approximate surface area is 111 Å². The molecule has 1 rings (SSSR count). The van der Waals surface area contributed by atoms with Crippen molar-refractivity contribution in [2.75, 3.05) is 19.7 Å². The molecule has 0 amide bonds. The highest BCUT2D eigenvalue weighted by molar-refractivity contribution is 5.29. The van der Waals surface area contributed by atoms with E-state index in [2.05, 4.69) is 31.1 Å².